The van der Waals surface area contributed by atoms with Crippen LogP contribution in [0, 0.1) is 6.85 Å². The molecule has 8 aromatic rings. The van der Waals surface area contributed by atoms with Crippen LogP contribution in [0.5, 0.6) is 5.75 Å². The molecular formula is C57H59N3O. The molecule has 0 aliphatic rings. The van der Waals surface area contributed by atoms with Gasteiger partial charge in [-0.25, -0.2) is 4.98 Å². The van der Waals surface area contributed by atoms with Crippen molar-refractivity contribution >= 4 is 11.0 Å². The zero-order valence-electron chi connectivity index (χ0n) is 52.3. The smallest absolute Gasteiger partial charge is 0.149 e. The van der Waals surface area contributed by atoms with Crippen molar-refractivity contribution in [2.75, 3.05) is 0 Å². The maximum atomic E-state index is 11.5. The van der Waals surface area contributed by atoms with Gasteiger partial charge in [-0.3, -0.25) is 9.55 Å². The third kappa shape index (κ3) is 8.04. The van der Waals surface area contributed by atoms with Gasteiger partial charge in [-0.2, -0.15) is 0 Å². The van der Waals surface area contributed by atoms with E-state index in [1.165, 1.54) is 24.4 Å². The van der Waals surface area contributed by atoms with Crippen molar-refractivity contribution in [1.82, 2.24) is 14.5 Å². The maximum absolute atomic E-state index is 11.5. The number of aryl methyl sites for hydroxylation is 1. The van der Waals surface area contributed by atoms with E-state index in [4.69, 9.17) is 28.3 Å². The monoisotopic (exact) mass is 819 g/mol. The summed E-state index contributed by atoms with van der Waals surface area (Å²) in [5.41, 5.74) is 1.86. The Bertz CT molecular complexity index is 3580. The van der Waals surface area contributed by atoms with Crippen LogP contribution in [0.3, 0.4) is 0 Å². The van der Waals surface area contributed by atoms with Gasteiger partial charge in [0, 0.05) is 35.1 Å². The van der Waals surface area contributed by atoms with Gasteiger partial charge in [-0.1, -0.05) is 148 Å². The van der Waals surface area contributed by atoms with Crippen molar-refractivity contribution in [2.24, 2.45) is 0 Å². The van der Waals surface area contributed by atoms with Crippen molar-refractivity contribution in [1.29, 1.82) is 0 Å². The lowest BCUT2D eigenvalue weighted by Crippen LogP contribution is -2.11. The van der Waals surface area contributed by atoms with Crippen molar-refractivity contribution < 1.29 is 28.4 Å². The fraction of sp³-hybridized carbons (Fsp3) is 0.263. The highest BCUT2D eigenvalue weighted by Crippen LogP contribution is 2.42. The van der Waals surface area contributed by atoms with Crippen LogP contribution < -0.4 is 0 Å². The summed E-state index contributed by atoms with van der Waals surface area (Å²) >= 11 is 0. The topological polar surface area (TPSA) is 50.9 Å². The summed E-state index contributed by atoms with van der Waals surface area (Å²) in [5, 5.41) is 11.5. The lowest BCUT2D eigenvalue weighted by atomic mass is 9.83. The van der Waals surface area contributed by atoms with Crippen LogP contribution in [-0.4, -0.2) is 19.6 Å². The molecule has 6 aromatic carbocycles. The first-order valence-electron chi connectivity index (χ1n) is 28.8. The molecule has 0 fully saturated rings. The number of aromatic nitrogens is 3. The number of fused-ring (bicyclic) bond motifs is 1. The van der Waals surface area contributed by atoms with Gasteiger partial charge < -0.3 is 5.11 Å². The molecular weight excluding hydrogens is 743 g/mol. The zero-order valence-corrected chi connectivity index (χ0v) is 35.3. The number of rotatable bonds is 8. The van der Waals surface area contributed by atoms with Crippen molar-refractivity contribution in [3.8, 4) is 67.5 Å². The Balaban J connectivity index is 1.37. The number of nitrogens with zero attached hydrogens (tertiary/aromatic N) is 3. The second kappa shape index (κ2) is 16.0. The molecule has 0 radical (unpaired) electrons. The van der Waals surface area contributed by atoms with Crippen LogP contribution in [0.1, 0.15) is 132 Å². The minimum Gasteiger partial charge on any atom is -0.507 e. The minimum absolute atomic E-state index is 0.0131. The molecule has 0 amide bonds. The molecule has 0 aliphatic heterocycles. The summed E-state index contributed by atoms with van der Waals surface area (Å²) in [6.45, 7) is -0.396. The van der Waals surface area contributed by atoms with Gasteiger partial charge in [0.2, 0.25) is 0 Å². The molecule has 1 N–H and O–H groups in total. The van der Waals surface area contributed by atoms with E-state index >= 15 is 0 Å². The fourth-order valence-electron chi connectivity index (χ4n) is 7.85. The second-order valence-corrected chi connectivity index (χ2v) is 17.1. The maximum Gasteiger partial charge on any atom is 0.149 e. The number of para-hydroxylation sites is 2. The van der Waals surface area contributed by atoms with E-state index in [-0.39, 0.29) is 34.2 Å². The SMILES string of the molecule is [2H]c1c([2H])c(C(C([2H])([2H])[2H])(C([2H])([2H])[2H])C([2H])([2H])[2H])c([2H])c([2H])c1-c1ccnc(-c2cc(-c3cccc4c3nc(-c3ccccc3O)n4-c3ccc(-c4c(C(C)C)cccc4C([2H])(C)C)cc3C([2H])([2H])[2H])cc(C(C)(C)C)c2)c1. The van der Waals surface area contributed by atoms with Crippen LogP contribution >= 0.6 is 0 Å². The quantitative estimate of drug-likeness (QED) is 0.166. The predicted octanol–water partition coefficient (Wildman–Crippen LogP) is 15.6. The summed E-state index contributed by atoms with van der Waals surface area (Å²) in [6.07, 6.45) is 1.39. The highest BCUT2D eigenvalue weighted by atomic mass is 16.3. The Morgan fingerprint density at radius 2 is 1.38 bits per heavy atom. The number of hydrogen-bond donors (Lipinski definition) is 1. The normalized spacial score (nSPS) is 17.3. The number of pyridine rings is 1. The van der Waals surface area contributed by atoms with Gasteiger partial charge in [0.15, 0.2) is 0 Å². The lowest BCUT2D eigenvalue weighted by Gasteiger charge is -2.22. The Kier molecular flexibility index (Phi) is 6.68. The number of benzene rings is 6. The highest BCUT2D eigenvalue weighted by molar-refractivity contribution is 5.97. The lowest BCUT2D eigenvalue weighted by molar-refractivity contribution is 0.477. The summed E-state index contributed by atoms with van der Waals surface area (Å²) < 4.78 is 148. The standard InChI is InChI=1S/C57H59N3O/c1-35(2)45-17-14-18-46(36(3)4)53(45)40-24-27-50(37(5)30-40)60-51-20-15-19-47(54(51)59-55(60)48-16-12-13-21-52(48)61)41-31-42(33-44(32-41)57(9,10)11)49-34-39(28-29-58-49)38-22-25-43(26-23-38)56(6,7)8/h12-36,61H,1-11H3/i5D3,6D3,7D3,8D3,22D,23D,25D,26D,35D. The van der Waals surface area contributed by atoms with E-state index < -0.39 is 73.9 Å². The average molecular weight is 819 g/mol. The number of imidazole rings is 1. The molecule has 2 heterocycles. The molecule has 0 spiro atoms. The Morgan fingerprint density at radius 3 is 2.08 bits per heavy atom. The van der Waals surface area contributed by atoms with Crippen molar-refractivity contribution in [3.05, 3.63) is 167 Å². The second-order valence-electron chi connectivity index (χ2n) is 17.1. The van der Waals surface area contributed by atoms with Crippen molar-refractivity contribution in [3.63, 3.8) is 0 Å². The predicted molar refractivity (Wildman–Crippen MR) is 258 cm³/mol. The van der Waals surface area contributed by atoms with Gasteiger partial charge >= 0.3 is 0 Å². The first-order chi connectivity index (χ1) is 35.9. The molecule has 4 nitrogen and oxygen atoms in total. The Hall–Kier alpha value is -6.26. The van der Waals surface area contributed by atoms with E-state index in [1.807, 2.05) is 81.4 Å². The Labute approximate surface area is 386 Å². The largest absolute Gasteiger partial charge is 0.507 e. The third-order valence-electron chi connectivity index (χ3n) is 11.1. The van der Waals surface area contributed by atoms with Gasteiger partial charge in [-0.05, 0) is 140 Å². The molecule has 0 bridgehead atoms. The van der Waals surface area contributed by atoms with E-state index in [0.717, 1.165) is 22.3 Å². The number of hydrogen-bond acceptors (Lipinski definition) is 3. The Morgan fingerprint density at radius 1 is 0.656 bits per heavy atom. The van der Waals surface area contributed by atoms with Gasteiger partial charge in [0.05, 0.1) is 33.5 Å². The summed E-state index contributed by atoms with van der Waals surface area (Å²) in [5.74, 6) is -0.813. The number of phenolic OH excluding ortho intramolecular Hbond substituents is 1. The molecule has 0 saturated carbocycles. The van der Waals surface area contributed by atoms with Crippen LogP contribution in [0.15, 0.2) is 140 Å². The summed E-state index contributed by atoms with van der Waals surface area (Å²) in [7, 11) is 0. The molecule has 308 valence electrons. The van der Waals surface area contributed by atoms with Crippen LogP contribution in [0.2, 0.25) is 0 Å². The molecule has 61 heavy (non-hydrogen) atoms. The summed E-state index contributed by atoms with van der Waals surface area (Å²) in [6, 6.07) is 28.0. The third-order valence-corrected chi connectivity index (χ3v) is 11.1. The van der Waals surface area contributed by atoms with E-state index in [2.05, 4.69) is 18.8 Å². The number of phenols is 1. The van der Waals surface area contributed by atoms with Crippen LogP contribution in [0.25, 0.3) is 72.7 Å². The summed E-state index contributed by atoms with van der Waals surface area (Å²) in [4.78, 5) is 9.90. The molecule has 0 aliphatic carbocycles. The molecule has 0 unspecified atom stereocenters. The van der Waals surface area contributed by atoms with Crippen molar-refractivity contribution in [2.45, 2.75) is 98.5 Å². The average Bonchev–Trinajstić information content (AvgIpc) is 3.86. The molecule has 4 heteroatoms. The van der Waals surface area contributed by atoms with Crippen LogP contribution in [0.4, 0.5) is 0 Å². The van der Waals surface area contributed by atoms with Gasteiger partial charge in [-0.15, -0.1) is 0 Å². The highest BCUT2D eigenvalue weighted by Gasteiger charge is 2.24. The molecule has 8 rings (SSSR count). The van der Waals surface area contributed by atoms with Gasteiger partial charge in [0.1, 0.15) is 11.6 Å². The first-order valence-corrected chi connectivity index (χ1v) is 20.3. The van der Waals surface area contributed by atoms with E-state index in [0.29, 0.717) is 50.2 Å². The molecule has 0 saturated heterocycles. The zero-order chi connectivity index (χ0) is 57.8. The first kappa shape index (κ1) is 25.5. The van der Waals surface area contributed by atoms with Crippen LogP contribution in [-0.2, 0) is 10.8 Å². The van der Waals surface area contributed by atoms with Gasteiger partial charge in [0.25, 0.3) is 0 Å². The number of aromatic hydroxyl groups is 1. The molecule has 2 aromatic heterocycles. The minimum atomic E-state index is -3.83. The van der Waals surface area contributed by atoms with E-state index in [9.17, 15) is 5.11 Å². The fourth-order valence-corrected chi connectivity index (χ4v) is 7.85. The van der Waals surface area contributed by atoms with E-state index in [1.54, 1.807) is 48.7 Å². The molecule has 0 atom stereocenters.